The summed E-state index contributed by atoms with van der Waals surface area (Å²) in [4.78, 5) is 11.1. The third-order valence-electron chi connectivity index (χ3n) is 3.50. The molecule has 0 amide bonds. The number of anilines is 1. The van der Waals surface area contributed by atoms with E-state index in [1.807, 2.05) is 19.1 Å². The minimum absolute atomic E-state index is 0.365. The first-order valence-corrected chi connectivity index (χ1v) is 6.24. The monoisotopic (exact) mass is 233 g/mol. The number of aromatic carboxylic acids is 1. The van der Waals surface area contributed by atoms with Gasteiger partial charge in [-0.15, -0.1) is 0 Å². The van der Waals surface area contributed by atoms with E-state index in [1.54, 1.807) is 6.07 Å². The number of carbonyl (C=O) groups is 1. The molecule has 3 nitrogen and oxygen atoms in total. The Bertz CT molecular complexity index is 411. The van der Waals surface area contributed by atoms with Gasteiger partial charge in [-0.2, -0.15) is 0 Å². The summed E-state index contributed by atoms with van der Waals surface area (Å²) in [6.45, 7) is 2.84. The van der Waals surface area contributed by atoms with Gasteiger partial charge in [-0.1, -0.05) is 25.3 Å². The fourth-order valence-electron chi connectivity index (χ4n) is 2.18. The van der Waals surface area contributed by atoms with Crippen molar-refractivity contribution in [3.63, 3.8) is 0 Å². The predicted molar refractivity (Wildman–Crippen MR) is 68.6 cm³/mol. The van der Waals surface area contributed by atoms with Crippen molar-refractivity contribution < 1.29 is 9.90 Å². The van der Waals surface area contributed by atoms with Gasteiger partial charge in [0.2, 0.25) is 0 Å². The third kappa shape index (κ3) is 2.99. The summed E-state index contributed by atoms with van der Waals surface area (Å²) in [6, 6.07) is 5.41. The quantitative estimate of drug-likeness (QED) is 0.820. The van der Waals surface area contributed by atoms with Crippen LogP contribution in [-0.2, 0) is 0 Å². The standard InChI is InChI=1S/C14H19NO2/c1-10-5-6-12(14(16)17)13(9-10)15-8-7-11-3-2-4-11/h5-6,9,11,15H,2-4,7-8H2,1H3,(H,16,17). The molecule has 0 spiro atoms. The van der Waals surface area contributed by atoms with Crippen LogP contribution in [0.1, 0.15) is 41.6 Å². The maximum atomic E-state index is 11.1. The highest BCUT2D eigenvalue weighted by Crippen LogP contribution is 2.29. The van der Waals surface area contributed by atoms with Gasteiger partial charge >= 0.3 is 5.97 Å². The second-order valence-electron chi connectivity index (χ2n) is 4.87. The second kappa shape index (κ2) is 5.21. The highest BCUT2D eigenvalue weighted by atomic mass is 16.4. The molecule has 1 aliphatic carbocycles. The summed E-state index contributed by atoms with van der Waals surface area (Å²) in [6.07, 6.45) is 5.17. The lowest BCUT2D eigenvalue weighted by atomic mass is 9.83. The lowest BCUT2D eigenvalue weighted by molar-refractivity contribution is 0.0698. The van der Waals surface area contributed by atoms with E-state index in [0.717, 1.165) is 30.1 Å². The zero-order chi connectivity index (χ0) is 12.3. The highest BCUT2D eigenvalue weighted by molar-refractivity contribution is 5.94. The van der Waals surface area contributed by atoms with Gasteiger partial charge in [0.25, 0.3) is 0 Å². The van der Waals surface area contributed by atoms with Crippen molar-refractivity contribution in [2.24, 2.45) is 5.92 Å². The van der Waals surface area contributed by atoms with Crippen LogP contribution in [0.5, 0.6) is 0 Å². The molecule has 0 heterocycles. The molecular formula is C14H19NO2. The van der Waals surface area contributed by atoms with Crippen LogP contribution < -0.4 is 5.32 Å². The molecule has 0 aromatic heterocycles. The Morgan fingerprint density at radius 2 is 2.24 bits per heavy atom. The summed E-state index contributed by atoms with van der Waals surface area (Å²) in [7, 11) is 0. The van der Waals surface area contributed by atoms with E-state index in [0.29, 0.717) is 5.56 Å². The smallest absolute Gasteiger partial charge is 0.337 e. The van der Waals surface area contributed by atoms with Crippen molar-refractivity contribution in [1.29, 1.82) is 0 Å². The van der Waals surface area contributed by atoms with Crippen molar-refractivity contribution in [3.05, 3.63) is 29.3 Å². The van der Waals surface area contributed by atoms with Crippen LogP contribution in [0.15, 0.2) is 18.2 Å². The van der Waals surface area contributed by atoms with E-state index < -0.39 is 5.97 Å². The average Bonchev–Trinajstić information content (AvgIpc) is 2.21. The van der Waals surface area contributed by atoms with E-state index in [9.17, 15) is 4.79 Å². The molecule has 0 unspecified atom stereocenters. The van der Waals surface area contributed by atoms with Crippen molar-refractivity contribution in [2.45, 2.75) is 32.6 Å². The number of aryl methyl sites for hydroxylation is 1. The van der Waals surface area contributed by atoms with Gasteiger partial charge < -0.3 is 10.4 Å². The number of hydrogen-bond acceptors (Lipinski definition) is 2. The second-order valence-corrected chi connectivity index (χ2v) is 4.87. The molecule has 0 bridgehead atoms. The van der Waals surface area contributed by atoms with Gasteiger partial charge in [0.15, 0.2) is 0 Å². The molecule has 3 heteroatoms. The van der Waals surface area contributed by atoms with Crippen LogP contribution in [0.3, 0.4) is 0 Å². The molecule has 0 saturated heterocycles. The van der Waals surface area contributed by atoms with E-state index in [4.69, 9.17) is 5.11 Å². The van der Waals surface area contributed by atoms with E-state index >= 15 is 0 Å². The Morgan fingerprint density at radius 1 is 1.47 bits per heavy atom. The summed E-state index contributed by atoms with van der Waals surface area (Å²) >= 11 is 0. The molecule has 17 heavy (non-hydrogen) atoms. The molecule has 0 atom stereocenters. The molecule has 2 rings (SSSR count). The van der Waals surface area contributed by atoms with Gasteiger partial charge in [0.1, 0.15) is 0 Å². The fourth-order valence-corrected chi connectivity index (χ4v) is 2.18. The Hall–Kier alpha value is -1.51. The molecule has 1 aromatic rings. The normalized spacial score (nSPS) is 15.4. The number of rotatable bonds is 5. The minimum Gasteiger partial charge on any atom is -0.478 e. The summed E-state index contributed by atoms with van der Waals surface area (Å²) in [5, 5.41) is 12.3. The Labute approximate surface area is 102 Å². The zero-order valence-corrected chi connectivity index (χ0v) is 10.2. The van der Waals surface area contributed by atoms with Crippen LogP contribution in [-0.4, -0.2) is 17.6 Å². The van der Waals surface area contributed by atoms with E-state index in [-0.39, 0.29) is 0 Å². The van der Waals surface area contributed by atoms with Crippen molar-refractivity contribution in [2.75, 3.05) is 11.9 Å². The van der Waals surface area contributed by atoms with Crippen LogP contribution >= 0.6 is 0 Å². The Kier molecular flexibility index (Phi) is 3.67. The number of benzene rings is 1. The number of nitrogens with one attached hydrogen (secondary N) is 1. The first-order valence-electron chi connectivity index (χ1n) is 6.24. The molecule has 0 aliphatic heterocycles. The summed E-state index contributed by atoms with van der Waals surface area (Å²) in [5.41, 5.74) is 2.20. The molecule has 1 saturated carbocycles. The SMILES string of the molecule is Cc1ccc(C(=O)O)c(NCCC2CCC2)c1. The lowest BCUT2D eigenvalue weighted by Crippen LogP contribution is -2.16. The number of hydrogen-bond donors (Lipinski definition) is 2. The third-order valence-corrected chi connectivity index (χ3v) is 3.50. The predicted octanol–water partition coefficient (Wildman–Crippen LogP) is 3.30. The van der Waals surface area contributed by atoms with Crippen molar-refractivity contribution in [3.8, 4) is 0 Å². The number of carboxylic acid groups (broad SMARTS) is 1. The number of carboxylic acids is 1. The molecular weight excluding hydrogens is 214 g/mol. The minimum atomic E-state index is -0.865. The van der Waals surface area contributed by atoms with Gasteiger partial charge in [-0.25, -0.2) is 4.79 Å². The van der Waals surface area contributed by atoms with Crippen LogP contribution in [0.25, 0.3) is 0 Å². The molecule has 92 valence electrons. The van der Waals surface area contributed by atoms with E-state index in [2.05, 4.69) is 5.32 Å². The molecule has 0 radical (unpaired) electrons. The Morgan fingerprint density at radius 3 is 2.82 bits per heavy atom. The first kappa shape index (κ1) is 12.0. The zero-order valence-electron chi connectivity index (χ0n) is 10.2. The molecule has 1 fully saturated rings. The van der Waals surface area contributed by atoms with Gasteiger partial charge in [-0.05, 0) is 37.0 Å². The van der Waals surface area contributed by atoms with Crippen molar-refractivity contribution in [1.82, 2.24) is 0 Å². The average molecular weight is 233 g/mol. The van der Waals surface area contributed by atoms with Crippen LogP contribution in [0.4, 0.5) is 5.69 Å². The van der Waals surface area contributed by atoms with Gasteiger partial charge in [0, 0.05) is 12.2 Å². The van der Waals surface area contributed by atoms with Gasteiger partial charge in [-0.3, -0.25) is 0 Å². The molecule has 2 N–H and O–H groups in total. The lowest BCUT2D eigenvalue weighted by Gasteiger charge is -2.25. The van der Waals surface area contributed by atoms with Crippen LogP contribution in [0.2, 0.25) is 0 Å². The van der Waals surface area contributed by atoms with Crippen molar-refractivity contribution >= 4 is 11.7 Å². The maximum Gasteiger partial charge on any atom is 0.337 e. The highest BCUT2D eigenvalue weighted by Gasteiger charge is 2.17. The van der Waals surface area contributed by atoms with Crippen LogP contribution in [0, 0.1) is 12.8 Å². The van der Waals surface area contributed by atoms with Gasteiger partial charge in [0.05, 0.1) is 5.56 Å². The maximum absolute atomic E-state index is 11.1. The summed E-state index contributed by atoms with van der Waals surface area (Å²) < 4.78 is 0. The largest absolute Gasteiger partial charge is 0.478 e. The topological polar surface area (TPSA) is 49.3 Å². The molecule has 1 aliphatic rings. The first-order chi connectivity index (χ1) is 8.16. The Balaban J connectivity index is 1.97. The molecule has 1 aromatic carbocycles. The summed E-state index contributed by atoms with van der Waals surface area (Å²) in [5.74, 6) is -0.0169. The fraction of sp³-hybridized carbons (Fsp3) is 0.500. The van der Waals surface area contributed by atoms with E-state index in [1.165, 1.54) is 19.3 Å².